The molecule has 1 atom stereocenters. The highest BCUT2D eigenvalue weighted by molar-refractivity contribution is 5.77. The molecule has 0 fully saturated rings. The number of nitrogens with two attached hydrogens (primary N) is 1. The van der Waals surface area contributed by atoms with E-state index in [9.17, 15) is 4.79 Å². The number of hydrogen-bond acceptors (Lipinski definition) is 7. The summed E-state index contributed by atoms with van der Waals surface area (Å²) in [5, 5.41) is 9.09. The van der Waals surface area contributed by atoms with Crippen LogP contribution in [0.25, 0.3) is 16.8 Å². The number of pyridine rings is 2. The van der Waals surface area contributed by atoms with Crippen molar-refractivity contribution in [3.05, 3.63) is 106 Å². The van der Waals surface area contributed by atoms with Crippen LogP contribution in [0.4, 0.5) is 0 Å². The lowest BCUT2D eigenvalue weighted by Crippen LogP contribution is -2.39. The van der Waals surface area contributed by atoms with Crippen molar-refractivity contribution in [2.75, 3.05) is 6.61 Å². The van der Waals surface area contributed by atoms with Crippen molar-refractivity contribution in [1.82, 2.24) is 9.55 Å². The van der Waals surface area contributed by atoms with Gasteiger partial charge in [0, 0.05) is 35.4 Å². The summed E-state index contributed by atoms with van der Waals surface area (Å²) in [5.74, 6) is 0.983. The van der Waals surface area contributed by atoms with Gasteiger partial charge in [0.15, 0.2) is 5.54 Å². The molecule has 0 saturated carbocycles. The van der Waals surface area contributed by atoms with Crippen molar-refractivity contribution in [1.29, 1.82) is 5.26 Å². The lowest BCUT2D eigenvalue weighted by Gasteiger charge is -2.33. The highest BCUT2D eigenvalue weighted by Crippen LogP contribution is 2.50. The highest BCUT2D eigenvalue weighted by atomic mass is 16.5. The number of amidine groups is 1. The molecule has 0 radical (unpaired) electrons. The van der Waals surface area contributed by atoms with Gasteiger partial charge in [-0.3, -0.25) is 14.3 Å². The van der Waals surface area contributed by atoms with Gasteiger partial charge in [-0.25, -0.2) is 4.99 Å². The zero-order valence-corrected chi connectivity index (χ0v) is 17.8. The second-order valence-corrected chi connectivity index (χ2v) is 8.04. The number of aliphatic imine (C=N–C) groups is 1. The summed E-state index contributed by atoms with van der Waals surface area (Å²) in [5.41, 5.74) is 8.50. The molecule has 2 aromatic carbocycles. The van der Waals surface area contributed by atoms with Crippen LogP contribution in [0.3, 0.4) is 0 Å². The quantitative estimate of drug-likeness (QED) is 0.503. The van der Waals surface area contributed by atoms with E-state index in [1.54, 1.807) is 48.9 Å². The van der Waals surface area contributed by atoms with E-state index in [0.29, 0.717) is 33.9 Å². The Morgan fingerprint density at radius 1 is 1.06 bits per heavy atom. The Hall–Kier alpha value is -4.90. The molecular weight excluding hydrogens is 430 g/mol. The van der Waals surface area contributed by atoms with Gasteiger partial charge in [0.2, 0.25) is 0 Å². The molecule has 2 aromatic heterocycles. The van der Waals surface area contributed by atoms with Crippen LogP contribution >= 0.6 is 0 Å². The molecular formula is C26H17N5O3. The van der Waals surface area contributed by atoms with Crippen LogP contribution in [0.2, 0.25) is 0 Å². The Balaban J connectivity index is 1.58. The fraction of sp³-hybridized carbons (Fsp3) is 0.0769. The molecule has 2 N–H and O–H groups in total. The minimum Gasteiger partial charge on any atom is -0.462 e. The lowest BCUT2D eigenvalue weighted by atomic mass is 9.81. The van der Waals surface area contributed by atoms with Gasteiger partial charge in [0.25, 0.3) is 11.6 Å². The molecule has 34 heavy (non-hydrogen) atoms. The minimum atomic E-state index is -1.15. The first-order valence-corrected chi connectivity index (χ1v) is 10.6. The number of hydrogen-bond donors (Lipinski definition) is 1. The van der Waals surface area contributed by atoms with Crippen LogP contribution in [0.1, 0.15) is 16.7 Å². The third-order valence-corrected chi connectivity index (χ3v) is 6.11. The SMILES string of the molecule is N#Cc1ccc(-n2ccc3c(c2=O)[C@@]2(COC(N)=N2)c2cc(-c4cccnc4)ccc2O3)cc1. The lowest BCUT2D eigenvalue weighted by molar-refractivity contribution is 0.262. The minimum absolute atomic E-state index is 0.0127. The van der Waals surface area contributed by atoms with Crippen LogP contribution < -0.4 is 16.0 Å². The predicted molar refractivity (Wildman–Crippen MR) is 125 cm³/mol. The molecule has 2 aliphatic rings. The topological polar surface area (TPSA) is 116 Å². The highest BCUT2D eigenvalue weighted by Gasteiger charge is 2.49. The van der Waals surface area contributed by atoms with Crippen molar-refractivity contribution in [2.24, 2.45) is 10.7 Å². The maximum absolute atomic E-state index is 13.8. The summed E-state index contributed by atoms with van der Waals surface area (Å²) in [6.07, 6.45) is 5.13. The van der Waals surface area contributed by atoms with E-state index in [-0.39, 0.29) is 18.2 Å². The summed E-state index contributed by atoms with van der Waals surface area (Å²) < 4.78 is 13.3. The predicted octanol–water partition coefficient (Wildman–Crippen LogP) is 3.47. The zero-order valence-electron chi connectivity index (χ0n) is 17.8. The maximum Gasteiger partial charge on any atom is 0.283 e. The second-order valence-electron chi connectivity index (χ2n) is 8.04. The summed E-state index contributed by atoms with van der Waals surface area (Å²) in [4.78, 5) is 22.7. The first-order valence-electron chi connectivity index (χ1n) is 10.6. The second kappa shape index (κ2) is 7.32. The van der Waals surface area contributed by atoms with Crippen molar-refractivity contribution >= 4 is 6.02 Å². The zero-order chi connectivity index (χ0) is 23.3. The van der Waals surface area contributed by atoms with E-state index in [1.807, 2.05) is 30.3 Å². The van der Waals surface area contributed by atoms with E-state index in [2.05, 4.69) is 16.0 Å². The van der Waals surface area contributed by atoms with Crippen LogP contribution in [-0.2, 0) is 10.3 Å². The van der Waals surface area contributed by atoms with Gasteiger partial charge < -0.3 is 15.2 Å². The van der Waals surface area contributed by atoms with E-state index < -0.39 is 5.54 Å². The third-order valence-electron chi connectivity index (χ3n) is 6.11. The Morgan fingerprint density at radius 2 is 1.91 bits per heavy atom. The normalized spacial score (nSPS) is 17.7. The van der Waals surface area contributed by atoms with Gasteiger partial charge in [0.1, 0.15) is 18.1 Å². The fourth-order valence-corrected chi connectivity index (χ4v) is 4.49. The standard InChI is InChI=1S/C26H17N5O3/c27-13-16-3-6-19(7-4-16)31-11-9-22-23(24(31)32)26(15-33-25(28)30-26)20-12-17(5-8-21(20)34-22)18-2-1-10-29-14-18/h1-12,14H,15H2,(H2,28,30)/t26-/m1/s1. The molecule has 1 spiro atoms. The average molecular weight is 447 g/mol. The fourth-order valence-electron chi connectivity index (χ4n) is 4.49. The number of aromatic nitrogens is 2. The smallest absolute Gasteiger partial charge is 0.283 e. The van der Waals surface area contributed by atoms with Crippen molar-refractivity contribution in [2.45, 2.75) is 5.54 Å². The maximum atomic E-state index is 13.8. The monoisotopic (exact) mass is 447 g/mol. The average Bonchev–Trinajstić information content (AvgIpc) is 3.26. The van der Waals surface area contributed by atoms with E-state index in [4.69, 9.17) is 20.5 Å². The summed E-state index contributed by atoms with van der Waals surface area (Å²) >= 11 is 0. The van der Waals surface area contributed by atoms with Crippen LogP contribution in [-0.4, -0.2) is 22.2 Å². The molecule has 0 saturated heterocycles. The van der Waals surface area contributed by atoms with Gasteiger partial charge in [-0.2, -0.15) is 5.26 Å². The first-order chi connectivity index (χ1) is 16.6. The first kappa shape index (κ1) is 19.8. The molecule has 0 aliphatic carbocycles. The van der Waals surface area contributed by atoms with Crippen LogP contribution in [0.5, 0.6) is 11.5 Å². The molecule has 0 bridgehead atoms. The van der Waals surface area contributed by atoms with E-state index in [0.717, 1.165) is 11.1 Å². The molecule has 6 rings (SSSR count). The summed E-state index contributed by atoms with van der Waals surface area (Å²) in [6, 6.07) is 20.2. The molecule has 0 amide bonds. The largest absolute Gasteiger partial charge is 0.462 e. The molecule has 2 aliphatic heterocycles. The van der Waals surface area contributed by atoms with Gasteiger partial charge in [-0.1, -0.05) is 12.1 Å². The number of nitrogens with zero attached hydrogens (tertiary/aromatic N) is 4. The molecule has 8 nitrogen and oxygen atoms in total. The molecule has 4 aromatic rings. The van der Waals surface area contributed by atoms with Crippen molar-refractivity contribution in [3.8, 4) is 34.4 Å². The number of ether oxygens (including phenoxy) is 2. The Kier molecular flexibility index (Phi) is 4.25. The van der Waals surface area contributed by atoms with Crippen LogP contribution in [0, 0.1) is 11.3 Å². The number of fused-ring (bicyclic) bond motifs is 4. The molecule has 164 valence electrons. The Bertz CT molecular complexity index is 1570. The Labute approximate surface area is 194 Å². The van der Waals surface area contributed by atoms with E-state index >= 15 is 0 Å². The number of nitriles is 1. The van der Waals surface area contributed by atoms with Gasteiger partial charge in [0.05, 0.1) is 17.2 Å². The molecule has 8 heteroatoms. The number of rotatable bonds is 2. The van der Waals surface area contributed by atoms with Crippen LogP contribution in [0.15, 0.2) is 89.0 Å². The number of benzene rings is 2. The molecule has 0 unspecified atom stereocenters. The Morgan fingerprint density at radius 3 is 2.62 bits per heavy atom. The third kappa shape index (κ3) is 2.88. The van der Waals surface area contributed by atoms with Crippen molar-refractivity contribution < 1.29 is 9.47 Å². The summed E-state index contributed by atoms with van der Waals surface area (Å²) in [7, 11) is 0. The summed E-state index contributed by atoms with van der Waals surface area (Å²) in [6.45, 7) is 0.0747. The van der Waals surface area contributed by atoms with Gasteiger partial charge in [-0.05, 0) is 54.1 Å². The van der Waals surface area contributed by atoms with Gasteiger partial charge in [-0.15, -0.1) is 0 Å². The molecule has 4 heterocycles. The van der Waals surface area contributed by atoms with E-state index in [1.165, 1.54) is 4.57 Å². The van der Waals surface area contributed by atoms with Crippen molar-refractivity contribution in [3.63, 3.8) is 0 Å². The van der Waals surface area contributed by atoms with Gasteiger partial charge >= 0.3 is 0 Å².